The molecule has 0 aromatic heterocycles. The minimum atomic E-state index is -0.423. The summed E-state index contributed by atoms with van der Waals surface area (Å²) in [5, 5.41) is 0. The zero-order chi connectivity index (χ0) is 18.7. The fourth-order valence-corrected chi connectivity index (χ4v) is 3.67. The van der Waals surface area contributed by atoms with E-state index in [9.17, 15) is 14.0 Å². The summed E-state index contributed by atoms with van der Waals surface area (Å²) >= 11 is 3.51. The summed E-state index contributed by atoms with van der Waals surface area (Å²) in [4.78, 5) is 28.4. The molecule has 2 amide bonds. The van der Waals surface area contributed by atoms with Crippen molar-refractivity contribution in [3.63, 3.8) is 0 Å². The van der Waals surface area contributed by atoms with E-state index in [-0.39, 0.29) is 11.8 Å². The molecule has 0 spiro atoms. The van der Waals surface area contributed by atoms with E-state index in [1.54, 1.807) is 15.9 Å². The Hall–Kier alpha value is -2.21. The number of rotatable bonds is 3. The van der Waals surface area contributed by atoms with E-state index < -0.39 is 5.82 Å². The summed E-state index contributed by atoms with van der Waals surface area (Å²) in [6.07, 6.45) is 0.332. The molecule has 26 heavy (non-hydrogen) atoms. The van der Waals surface area contributed by atoms with Crippen LogP contribution in [0.25, 0.3) is 0 Å². The number of aryl methyl sites for hydroxylation is 1. The Morgan fingerprint density at radius 2 is 1.73 bits per heavy atom. The first-order valence-electron chi connectivity index (χ1n) is 8.51. The summed E-state index contributed by atoms with van der Waals surface area (Å²) in [6.45, 7) is 3.89. The first kappa shape index (κ1) is 18.6. The Labute approximate surface area is 160 Å². The fraction of sp³-hybridized carbons (Fsp3) is 0.300. The highest BCUT2D eigenvalue weighted by atomic mass is 79.9. The van der Waals surface area contributed by atoms with Crippen molar-refractivity contribution in [3.05, 3.63) is 69.4 Å². The fourth-order valence-electron chi connectivity index (χ4n) is 3.03. The maximum absolute atomic E-state index is 13.3. The molecule has 6 heteroatoms. The average molecular weight is 419 g/mol. The number of benzene rings is 2. The van der Waals surface area contributed by atoms with Gasteiger partial charge in [-0.15, -0.1) is 0 Å². The molecule has 1 fully saturated rings. The number of carbonyl (C=O) groups excluding carboxylic acids is 2. The second kappa shape index (κ2) is 7.99. The Bertz CT molecular complexity index is 832. The van der Waals surface area contributed by atoms with Crippen molar-refractivity contribution in [1.29, 1.82) is 0 Å². The van der Waals surface area contributed by atoms with Gasteiger partial charge in [0, 0.05) is 36.2 Å². The van der Waals surface area contributed by atoms with E-state index >= 15 is 0 Å². The Kier molecular flexibility index (Phi) is 5.71. The number of hydrogen-bond donors (Lipinski definition) is 0. The van der Waals surface area contributed by atoms with E-state index in [0.29, 0.717) is 38.2 Å². The van der Waals surface area contributed by atoms with Crippen LogP contribution in [0.1, 0.15) is 21.5 Å². The topological polar surface area (TPSA) is 40.6 Å². The molecule has 2 aromatic carbocycles. The standard InChI is InChI=1S/C20H20BrFN2O2/c1-14-5-6-15(18(21)11-14)13-19(25)23-7-9-24(10-8-23)20(26)16-3-2-4-17(22)12-16/h2-6,11-12H,7-10,13H2,1H3. The van der Waals surface area contributed by atoms with E-state index in [2.05, 4.69) is 15.9 Å². The van der Waals surface area contributed by atoms with E-state index in [0.717, 1.165) is 15.6 Å². The van der Waals surface area contributed by atoms with Crippen LogP contribution in [0.3, 0.4) is 0 Å². The van der Waals surface area contributed by atoms with Crippen LogP contribution in [0.2, 0.25) is 0 Å². The zero-order valence-electron chi connectivity index (χ0n) is 14.5. The molecular weight excluding hydrogens is 399 g/mol. The van der Waals surface area contributed by atoms with Gasteiger partial charge in [-0.3, -0.25) is 9.59 Å². The van der Waals surface area contributed by atoms with Crippen LogP contribution in [0, 0.1) is 12.7 Å². The maximum Gasteiger partial charge on any atom is 0.254 e. The third-order valence-electron chi connectivity index (χ3n) is 4.54. The molecule has 0 unspecified atom stereocenters. The molecule has 1 aliphatic rings. The minimum Gasteiger partial charge on any atom is -0.339 e. The van der Waals surface area contributed by atoms with Crippen molar-refractivity contribution in [2.45, 2.75) is 13.3 Å². The van der Waals surface area contributed by atoms with Crippen molar-refractivity contribution in [1.82, 2.24) is 9.80 Å². The molecule has 0 bridgehead atoms. The highest BCUT2D eigenvalue weighted by molar-refractivity contribution is 9.10. The number of halogens is 2. The molecule has 0 radical (unpaired) electrons. The number of amides is 2. The molecule has 0 atom stereocenters. The summed E-state index contributed by atoms with van der Waals surface area (Å²) in [6, 6.07) is 11.6. The van der Waals surface area contributed by atoms with E-state index in [4.69, 9.17) is 0 Å². The number of piperazine rings is 1. The minimum absolute atomic E-state index is 0.0485. The van der Waals surface area contributed by atoms with Crippen LogP contribution >= 0.6 is 15.9 Å². The van der Waals surface area contributed by atoms with Gasteiger partial charge in [-0.25, -0.2) is 4.39 Å². The molecule has 0 saturated carbocycles. The molecule has 4 nitrogen and oxygen atoms in total. The Morgan fingerprint density at radius 3 is 2.38 bits per heavy atom. The molecule has 1 saturated heterocycles. The normalized spacial score (nSPS) is 14.4. The average Bonchev–Trinajstić information content (AvgIpc) is 2.63. The lowest BCUT2D eigenvalue weighted by atomic mass is 10.1. The van der Waals surface area contributed by atoms with Gasteiger partial charge in [0.2, 0.25) is 5.91 Å². The third kappa shape index (κ3) is 4.30. The van der Waals surface area contributed by atoms with E-state index in [1.165, 1.54) is 18.2 Å². The highest BCUT2D eigenvalue weighted by Crippen LogP contribution is 2.20. The zero-order valence-corrected chi connectivity index (χ0v) is 16.1. The SMILES string of the molecule is Cc1ccc(CC(=O)N2CCN(C(=O)c3cccc(F)c3)CC2)c(Br)c1. The molecule has 0 aliphatic carbocycles. The first-order chi connectivity index (χ1) is 12.4. The Balaban J connectivity index is 1.57. The van der Waals surface area contributed by atoms with Gasteiger partial charge in [-0.1, -0.05) is 34.1 Å². The van der Waals surface area contributed by atoms with Gasteiger partial charge in [-0.2, -0.15) is 0 Å². The second-order valence-corrected chi connectivity index (χ2v) is 7.31. The predicted octanol–water partition coefficient (Wildman–Crippen LogP) is 3.42. The molecule has 136 valence electrons. The smallest absolute Gasteiger partial charge is 0.254 e. The summed E-state index contributed by atoms with van der Waals surface area (Å²) in [5.41, 5.74) is 2.43. The molecule has 1 aliphatic heterocycles. The number of carbonyl (C=O) groups is 2. The quantitative estimate of drug-likeness (QED) is 0.765. The van der Waals surface area contributed by atoms with Gasteiger partial charge in [0.15, 0.2) is 0 Å². The molecule has 2 aromatic rings. The largest absolute Gasteiger partial charge is 0.339 e. The van der Waals surface area contributed by atoms with Crippen molar-refractivity contribution in [2.75, 3.05) is 26.2 Å². The van der Waals surface area contributed by atoms with Crippen molar-refractivity contribution in [2.24, 2.45) is 0 Å². The van der Waals surface area contributed by atoms with Crippen molar-refractivity contribution >= 4 is 27.7 Å². The summed E-state index contributed by atoms with van der Waals surface area (Å²) < 4.78 is 14.2. The molecule has 0 N–H and O–H groups in total. The van der Waals surface area contributed by atoms with Gasteiger partial charge in [0.05, 0.1) is 6.42 Å². The summed E-state index contributed by atoms with van der Waals surface area (Å²) in [5.74, 6) is -0.571. The molecule has 1 heterocycles. The van der Waals surface area contributed by atoms with Gasteiger partial charge in [-0.05, 0) is 42.3 Å². The van der Waals surface area contributed by atoms with Crippen LogP contribution < -0.4 is 0 Å². The van der Waals surface area contributed by atoms with Gasteiger partial charge < -0.3 is 9.80 Å². The maximum atomic E-state index is 13.3. The summed E-state index contributed by atoms with van der Waals surface area (Å²) in [7, 11) is 0. The van der Waals surface area contributed by atoms with Crippen LogP contribution in [0.5, 0.6) is 0 Å². The molecular formula is C20H20BrFN2O2. The van der Waals surface area contributed by atoms with E-state index in [1.807, 2.05) is 25.1 Å². The van der Waals surface area contributed by atoms with Crippen LogP contribution in [-0.4, -0.2) is 47.8 Å². The van der Waals surface area contributed by atoms with Crippen molar-refractivity contribution < 1.29 is 14.0 Å². The number of nitrogens with zero attached hydrogens (tertiary/aromatic N) is 2. The van der Waals surface area contributed by atoms with Crippen molar-refractivity contribution in [3.8, 4) is 0 Å². The Morgan fingerprint density at radius 1 is 1.04 bits per heavy atom. The molecule has 3 rings (SSSR count). The van der Waals surface area contributed by atoms with Gasteiger partial charge >= 0.3 is 0 Å². The van der Waals surface area contributed by atoms with Gasteiger partial charge in [0.25, 0.3) is 5.91 Å². The van der Waals surface area contributed by atoms with Crippen LogP contribution in [-0.2, 0) is 11.2 Å². The lowest BCUT2D eigenvalue weighted by molar-refractivity contribution is -0.131. The lowest BCUT2D eigenvalue weighted by Crippen LogP contribution is -2.51. The van der Waals surface area contributed by atoms with Crippen LogP contribution in [0.4, 0.5) is 4.39 Å². The third-order valence-corrected chi connectivity index (χ3v) is 5.28. The lowest BCUT2D eigenvalue weighted by Gasteiger charge is -2.35. The monoisotopic (exact) mass is 418 g/mol. The predicted molar refractivity (Wildman–Crippen MR) is 101 cm³/mol. The van der Waals surface area contributed by atoms with Gasteiger partial charge in [0.1, 0.15) is 5.82 Å². The second-order valence-electron chi connectivity index (χ2n) is 6.45. The van der Waals surface area contributed by atoms with Crippen LogP contribution in [0.15, 0.2) is 46.9 Å². The highest BCUT2D eigenvalue weighted by Gasteiger charge is 2.25. The first-order valence-corrected chi connectivity index (χ1v) is 9.31. The number of hydrogen-bond acceptors (Lipinski definition) is 2.